The zero-order chi connectivity index (χ0) is 12.3. The Morgan fingerprint density at radius 1 is 0.938 bits per heavy atom. The van der Waals surface area contributed by atoms with Gasteiger partial charge in [-0.25, -0.2) is 0 Å². The summed E-state index contributed by atoms with van der Waals surface area (Å²) in [6.45, 7) is 0. The van der Waals surface area contributed by atoms with E-state index in [0.717, 1.165) is 0 Å². The summed E-state index contributed by atoms with van der Waals surface area (Å²) < 4.78 is 0.646. The van der Waals surface area contributed by atoms with Crippen LogP contribution in [0.25, 0.3) is 0 Å². The average Bonchev–Trinajstić information content (AvgIpc) is 2.27. The number of alkyl halides is 2. The highest BCUT2D eigenvalue weighted by molar-refractivity contribution is 14.1. The summed E-state index contributed by atoms with van der Waals surface area (Å²) in [5.74, 6) is -0.193. The Kier molecular flexibility index (Phi) is 4.96. The maximum Gasteiger partial charge on any atom is 0.174 e. The van der Waals surface area contributed by atoms with Crippen molar-refractivity contribution in [3.63, 3.8) is 0 Å². The molecule has 1 aromatic rings. The van der Waals surface area contributed by atoms with Crippen LogP contribution in [0.2, 0.25) is 0 Å². The molecule has 6 heteroatoms. The van der Waals surface area contributed by atoms with Crippen molar-refractivity contribution in [2.45, 2.75) is 0 Å². The number of carbonyl (C=O) groups excluding carboxylic acids is 2. The second-order valence-corrected chi connectivity index (χ2v) is 4.67. The molecular formula is C10H10I2N2O2. The molecule has 0 spiro atoms. The number of rotatable bonds is 4. The number of ketones is 2. The van der Waals surface area contributed by atoms with Crippen molar-refractivity contribution in [3.8, 4) is 0 Å². The number of carbonyl (C=O) groups is 2. The third kappa shape index (κ3) is 2.84. The number of benzene rings is 1. The second kappa shape index (κ2) is 5.80. The van der Waals surface area contributed by atoms with E-state index in [-0.39, 0.29) is 11.6 Å². The van der Waals surface area contributed by atoms with Gasteiger partial charge in [0.2, 0.25) is 0 Å². The number of hydrogen-bond donors (Lipinski definition) is 2. The molecule has 0 atom stereocenters. The molecule has 4 nitrogen and oxygen atoms in total. The lowest BCUT2D eigenvalue weighted by Gasteiger charge is -2.08. The van der Waals surface area contributed by atoms with Gasteiger partial charge in [0, 0.05) is 22.5 Å². The fourth-order valence-corrected chi connectivity index (χ4v) is 2.08. The summed E-state index contributed by atoms with van der Waals surface area (Å²) in [5, 5.41) is 0. The Morgan fingerprint density at radius 3 is 1.62 bits per heavy atom. The number of halogens is 2. The zero-order valence-corrected chi connectivity index (χ0v) is 12.6. The predicted octanol–water partition coefficient (Wildman–Crippen LogP) is 2.09. The fraction of sp³-hybridized carbons (Fsp3) is 0.200. The van der Waals surface area contributed by atoms with Gasteiger partial charge in [-0.15, -0.1) is 0 Å². The van der Waals surface area contributed by atoms with E-state index >= 15 is 0 Å². The first-order chi connectivity index (χ1) is 7.51. The minimum atomic E-state index is -0.0967. The van der Waals surface area contributed by atoms with Crippen molar-refractivity contribution in [2.75, 3.05) is 20.3 Å². The summed E-state index contributed by atoms with van der Waals surface area (Å²) in [6, 6.07) is 2.96. The Hall–Kier alpha value is -0.380. The number of anilines is 2. The van der Waals surface area contributed by atoms with Crippen LogP contribution in [0, 0.1) is 0 Å². The summed E-state index contributed by atoms with van der Waals surface area (Å²) in [4.78, 5) is 23.1. The van der Waals surface area contributed by atoms with E-state index in [4.69, 9.17) is 11.5 Å². The SMILES string of the molecule is Nc1cc(N)c(C(=O)CI)cc1C(=O)CI. The first-order valence-corrected chi connectivity index (χ1v) is 7.43. The van der Waals surface area contributed by atoms with Gasteiger partial charge in [0.1, 0.15) is 0 Å². The van der Waals surface area contributed by atoms with Crippen molar-refractivity contribution in [3.05, 3.63) is 23.3 Å². The largest absolute Gasteiger partial charge is 0.398 e. The van der Waals surface area contributed by atoms with Crippen LogP contribution >= 0.6 is 45.2 Å². The van der Waals surface area contributed by atoms with Crippen LogP contribution in [0.4, 0.5) is 11.4 Å². The van der Waals surface area contributed by atoms with Gasteiger partial charge in [-0.3, -0.25) is 9.59 Å². The zero-order valence-electron chi connectivity index (χ0n) is 8.30. The van der Waals surface area contributed by atoms with Crippen LogP contribution in [0.3, 0.4) is 0 Å². The van der Waals surface area contributed by atoms with Crippen molar-refractivity contribution in [1.29, 1.82) is 0 Å². The topological polar surface area (TPSA) is 86.2 Å². The summed E-state index contributed by atoms with van der Waals surface area (Å²) >= 11 is 3.92. The van der Waals surface area contributed by atoms with Crippen LogP contribution in [0.5, 0.6) is 0 Å². The molecule has 0 fully saturated rings. The van der Waals surface area contributed by atoms with Crippen LogP contribution in [0.15, 0.2) is 12.1 Å². The molecule has 86 valence electrons. The maximum absolute atomic E-state index is 11.6. The molecular weight excluding hydrogens is 434 g/mol. The van der Waals surface area contributed by atoms with E-state index in [1.54, 1.807) is 0 Å². The molecule has 0 saturated heterocycles. The quantitative estimate of drug-likeness (QED) is 0.323. The van der Waals surface area contributed by atoms with Gasteiger partial charge in [-0.05, 0) is 12.1 Å². The molecule has 1 rings (SSSR count). The fourth-order valence-electron chi connectivity index (χ4n) is 1.26. The van der Waals surface area contributed by atoms with Crippen molar-refractivity contribution >= 4 is 68.1 Å². The van der Waals surface area contributed by atoms with Gasteiger partial charge in [0.15, 0.2) is 11.6 Å². The number of nitrogen functional groups attached to an aromatic ring is 2. The molecule has 0 bridgehead atoms. The Labute approximate surface area is 120 Å². The van der Waals surface area contributed by atoms with Gasteiger partial charge in [0.05, 0.1) is 8.86 Å². The van der Waals surface area contributed by atoms with Gasteiger partial charge < -0.3 is 11.5 Å². The van der Waals surface area contributed by atoms with E-state index in [9.17, 15) is 9.59 Å². The van der Waals surface area contributed by atoms with E-state index in [1.165, 1.54) is 12.1 Å². The minimum Gasteiger partial charge on any atom is -0.398 e. The number of nitrogens with two attached hydrogens (primary N) is 2. The van der Waals surface area contributed by atoms with E-state index < -0.39 is 0 Å². The Balaban J connectivity index is 3.32. The van der Waals surface area contributed by atoms with E-state index in [0.29, 0.717) is 31.4 Å². The summed E-state index contributed by atoms with van der Waals surface area (Å²) in [7, 11) is 0. The van der Waals surface area contributed by atoms with E-state index in [1.807, 2.05) is 45.2 Å². The molecule has 4 N–H and O–H groups in total. The van der Waals surface area contributed by atoms with Gasteiger partial charge in [-0.2, -0.15) is 0 Å². The number of Topliss-reactive ketones (excluding diaryl/α,β-unsaturated/α-hetero) is 2. The average molecular weight is 444 g/mol. The lowest BCUT2D eigenvalue weighted by Crippen LogP contribution is -2.11. The first kappa shape index (κ1) is 13.7. The third-order valence-electron chi connectivity index (χ3n) is 2.07. The molecule has 0 radical (unpaired) electrons. The normalized spacial score (nSPS) is 10.1. The summed E-state index contributed by atoms with van der Waals surface area (Å²) in [6.07, 6.45) is 0. The highest BCUT2D eigenvalue weighted by atomic mass is 127. The molecule has 1 aromatic carbocycles. The lowest BCUT2D eigenvalue weighted by molar-refractivity contribution is 0.102. The maximum atomic E-state index is 11.6. The lowest BCUT2D eigenvalue weighted by atomic mass is 10.0. The Morgan fingerprint density at radius 2 is 1.31 bits per heavy atom. The minimum absolute atomic E-state index is 0.0967. The molecule has 0 saturated carbocycles. The van der Waals surface area contributed by atoms with E-state index in [2.05, 4.69) is 0 Å². The highest BCUT2D eigenvalue weighted by Gasteiger charge is 2.15. The molecule has 0 unspecified atom stereocenters. The molecule has 16 heavy (non-hydrogen) atoms. The van der Waals surface area contributed by atoms with Gasteiger partial charge in [-0.1, -0.05) is 45.2 Å². The smallest absolute Gasteiger partial charge is 0.174 e. The summed E-state index contributed by atoms with van der Waals surface area (Å²) in [5.41, 5.74) is 12.8. The molecule has 0 heterocycles. The molecule has 0 aliphatic rings. The Bertz CT molecular complexity index is 409. The molecule has 0 aromatic heterocycles. The first-order valence-electron chi connectivity index (χ1n) is 4.38. The van der Waals surface area contributed by atoms with Crippen LogP contribution in [0.1, 0.15) is 20.7 Å². The monoisotopic (exact) mass is 444 g/mol. The highest BCUT2D eigenvalue weighted by Crippen LogP contribution is 2.23. The van der Waals surface area contributed by atoms with Crippen molar-refractivity contribution in [1.82, 2.24) is 0 Å². The van der Waals surface area contributed by atoms with Crippen LogP contribution in [-0.4, -0.2) is 20.4 Å². The van der Waals surface area contributed by atoms with Crippen molar-refractivity contribution in [2.24, 2.45) is 0 Å². The van der Waals surface area contributed by atoms with Crippen LogP contribution < -0.4 is 11.5 Å². The third-order valence-corrected chi connectivity index (χ3v) is 3.45. The standard InChI is InChI=1S/C10H10I2N2O2/c11-3-9(15)5-1-6(10(16)4-12)8(14)2-7(5)13/h1-2H,3-4,13-14H2. The van der Waals surface area contributed by atoms with Gasteiger partial charge in [0.25, 0.3) is 0 Å². The van der Waals surface area contributed by atoms with Gasteiger partial charge >= 0.3 is 0 Å². The second-order valence-electron chi connectivity index (χ2n) is 3.14. The number of hydrogen-bond acceptors (Lipinski definition) is 4. The van der Waals surface area contributed by atoms with Crippen molar-refractivity contribution < 1.29 is 9.59 Å². The molecule has 0 amide bonds. The molecule has 0 aliphatic carbocycles. The molecule has 0 aliphatic heterocycles. The predicted molar refractivity (Wildman–Crippen MR) is 81.7 cm³/mol. The van der Waals surface area contributed by atoms with Crippen LogP contribution in [-0.2, 0) is 0 Å².